The quantitative estimate of drug-likeness (QED) is 0.757. The smallest absolute Gasteiger partial charge is 0.268 e. The zero-order valence-corrected chi connectivity index (χ0v) is 9.29. The van der Waals surface area contributed by atoms with E-state index in [1.807, 2.05) is 6.07 Å². The first-order chi connectivity index (χ1) is 7.83. The van der Waals surface area contributed by atoms with Crippen LogP contribution in [0.4, 0.5) is 0 Å². The lowest BCUT2D eigenvalue weighted by molar-refractivity contribution is 0.433. The lowest BCUT2D eigenvalue weighted by Gasteiger charge is -1.83. The fourth-order valence-corrected chi connectivity index (χ4v) is 2.13. The monoisotopic (exact) mass is 253 g/mol. The lowest BCUT2D eigenvalue weighted by atomic mass is 10.5. The highest BCUT2D eigenvalue weighted by molar-refractivity contribution is 7.19. The van der Waals surface area contributed by atoms with E-state index in [4.69, 9.17) is 16.1 Å². The summed E-state index contributed by atoms with van der Waals surface area (Å²) in [7, 11) is 0. The molecule has 80 valence electrons. The summed E-state index contributed by atoms with van der Waals surface area (Å²) in [6, 6.07) is 3.60. The standard InChI is InChI=1S/C8H4ClN5OS/c9-5-2-1-4(16-5)8-12-7(14-15-8)6-10-3-11-13-6/h1-3H,(H,10,11,13). The Morgan fingerprint density at radius 1 is 1.38 bits per heavy atom. The average Bonchev–Trinajstić information content (AvgIpc) is 2.97. The summed E-state index contributed by atoms with van der Waals surface area (Å²) >= 11 is 7.19. The van der Waals surface area contributed by atoms with Crippen LogP contribution in [0.5, 0.6) is 0 Å². The summed E-state index contributed by atoms with van der Waals surface area (Å²) < 4.78 is 5.77. The highest BCUT2D eigenvalue weighted by Gasteiger charge is 2.13. The zero-order chi connectivity index (χ0) is 11.0. The van der Waals surface area contributed by atoms with Crippen LogP contribution in [0, 0.1) is 0 Å². The Labute approximate surface area is 98.3 Å². The van der Waals surface area contributed by atoms with Crippen LogP contribution in [-0.4, -0.2) is 25.3 Å². The van der Waals surface area contributed by atoms with Gasteiger partial charge in [-0.15, -0.1) is 11.3 Å². The van der Waals surface area contributed by atoms with E-state index in [0.717, 1.165) is 4.88 Å². The predicted molar refractivity (Wildman–Crippen MR) is 58.0 cm³/mol. The number of aromatic amines is 1. The van der Waals surface area contributed by atoms with Crippen molar-refractivity contribution in [2.75, 3.05) is 0 Å². The predicted octanol–water partition coefficient (Wildman–Crippen LogP) is 2.24. The molecule has 3 heterocycles. The number of halogens is 1. The van der Waals surface area contributed by atoms with Crippen molar-refractivity contribution in [1.29, 1.82) is 0 Å². The summed E-state index contributed by atoms with van der Waals surface area (Å²) in [5, 5.41) is 10.2. The van der Waals surface area contributed by atoms with Crippen LogP contribution in [0.3, 0.4) is 0 Å². The number of hydrogen-bond acceptors (Lipinski definition) is 6. The van der Waals surface area contributed by atoms with Crippen molar-refractivity contribution < 1.29 is 4.52 Å². The molecule has 0 bridgehead atoms. The molecule has 6 nitrogen and oxygen atoms in total. The molecule has 0 aliphatic carbocycles. The molecule has 0 radical (unpaired) electrons. The Morgan fingerprint density at radius 2 is 2.31 bits per heavy atom. The summed E-state index contributed by atoms with van der Waals surface area (Å²) in [6.07, 6.45) is 1.38. The van der Waals surface area contributed by atoms with Crippen molar-refractivity contribution in [3.05, 3.63) is 22.8 Å². The van der Waals surface area contributed by atoms with Gasteiger partial charge >= 0.3 is 0 Å². The number of H-pyrrole nitrogens is 1. The largest absolute Gasteiger partial charge is 0.333 e. The van der Waals surface area contributed by atoms with E-state index in [1.54, 1.807) is 6.07 Å². The van der Waals surface area contributed by atoms with E-state index in [1.165, 1.54) is 17.7 Å². The maximum absolute atomic E-state index is 5.82. The van der Waals surface area contributed by atoms with Crippen LogP contribution < -0.4 is 0 Å². The van der Waals surface area contributed by atoms with Gasteiger partial charge < -0.3 is 4.52 Å². The molecule has 0 unspecified atom stereocenters. The number of aromatic nitrogens is 5. The van der Waals surface area contributed by atoms with E-state index < -0.39 is 0 Å². The van der Waals surface area contributed by atoms with Crippen LogP contribution in [0.2, 0.25) is 4.34 Å². The van der Waals surface area contributed by atoms with Gasteiger partial charge in [-0.3, -0.25) is 5.10 Å². The molecular weight excluding hydrogens is 250 g/mol. The second kappa shape index (κ2) is 3.69. The van der Waals surface area contributed by atoms with Crippen LogP contribution >= 0.6 is 22.9 Å². The van der Waals surface area contributed by atoms with E-state index in [-0.39, 0.29) is 0 Å². The van der Waals surface area contributed by atoms with Gasteiger partial charge in [0.25, 0.3) is 5.89 Å². The van der Waals surface area contributed by atoms with E-state index in [2.05, 4.69) is 25.3 Å². The molecular formula is C8H4ClN5OS. The molecule has 0 spiro atoms. The Kier molecular flexibility index (Phi) is 2.19. The van der Waals surface area contributed by atoms with Crippen LogP contribution in [0.25, 0.3) is 22.4 Å². The highest BCUT2D eigenvalue weighted by Crippen LogP contribution is 2.30. The van der Waals surface area contributed by atoms with Gasteiger partial charge in [0.1, 0.15) is 6.33 Å². The molecule has 0 saturated heterocycles. The fourth-order valence-electron chi connectivity index (χ4n) is 1.16. The number of nitrogens with zero attached hydrogens (tertiary/aromatic N) is 4. The van der Waals surface area contributed by atoms with Gasteiger partial charge in [0.05, 0.1) is 9.21 Å². The van der Waals surface area contributed by atoms with Crippen molar-refractivity contribution in [3.63, 3.8) is 0 Å². The van der Waals surface area contributed by atoms with Gasteiger partial charge in [0.2, 0.25) is 5.82 Å². The second-order valence-corrected chi connectivity index (χ2v) is 4.58. The van der Waals surface area contributed by atoms with Gasteiger partial charge in [-0.05, 0) is 12.1 Å². The Hall–Kier alpha value is -1.73. The molecule has 0 aromatic carbocycles. The molecule has 3 rings (SSSR count). The van der Waals surface area contributed by atoms with Crippen molar-refractivity contribution in [3.8, 4) is 22.4 Å². The molecule has 1 N–H and O–H groups in total. The number of nitrogens with one attached hydrogen (secondary N) is 1. The Balaban J connectivity index is 2.00. The van der Waals surface area contributed by atoms with Crippen LogP contribution in [-0.2, 0) is 0 Å². The third-order valence-corrected chi connectivity index (χ3v) is 3.06. The van der Waals surface area contributed by atoms with E-state index in [9.17, 15) is 0 Å². The molecule has 0 atom stereocenters. The van der Waals surface area contributed by atoms with Gasteiger partial charge in [-0.1, -0.05) is 16.8 Å². The number of rotatable bonds is 2. The summed E-state index contributed by atoms with van der Waals surface area (Å²) in [4.78, 5) is 8.92. The van der Waals surface area contributed by atoms with Crippen LogP contribution in [0.15, 0.2) is 23.0 Å². The Bertz CT molecular complexity index is 602. The van der Waals surface area contributed by atoms with Crippen molar-refractivity contribution in [2.45, 2.75) is 0 Å². The number of thiophene rings is 1. The molecule has 0 saturated carbocycles. The molecule has 16 heavy (non-hydrogen) atoms. The van der Waals surface area contributed by atoms with E-state index in [0.29, 0.717) is 21.9 Å². The average molecular weight is 254 g/mol. The van der Waals surface area contributed by atoms with Gasteiger partial charge in [0, 0.05) is 0 Å². The van der Waals surface area contributed by atoms with E-state index >= 15 is 0 Å². The third kappa shape index (κ3) is 1.59. The summed E-state index contributed by atoms with van der Waals surface area (Å²) in [5.41, 5.74) is 0. The molecule has 0 fully saturated rings. The summed E-state index contributed by atoms with van der Waals surface area (Å²) in [6.45, 7) is 0. The normalized spacial score (nSPS) is 10.8. The topological polar surface area (TPSA) is 80.5 Å². The molecule has 8 heteroatoms. The molecule has 0 aliphatic heterocycles. The van der Waals surface area contributed by atoms with Crippen molar-refractivity contribution >= 4 is 22.9 Å². The van der Waals surface area contributed by atoms with Gasteiger partial charge in [-0.25, -0.2) is 4.98 Å². The Morgan fingerprint density at radius 3 is 3.00 bits per heavy atom. The van der Waals surface area contributed by atoms with Gasteiger partial charge in [0.15, 0.2) is 5.82 Å². The highest BCUT2D eigenvalue weighted by atomic mass is 35.5. The zero-order valence-electron chi connectivity index (χ0n) is 7.72. The summed E-state index contributed by atoms with van der Waals surface area (Å²) in [5.74, 6) is 1.26. The molecule has 3 aromatic rings. The minimum Gasteiger partial charge on any atom is -0.333 e. The third-order valence-electron chi connectivity index (χ3n) is 1.84. The first kappa shape index (κ1) is 9.49. The SMILES string of the molecule is Clc1ccc(-c2nc(-c3ncn[nH]3)no2)s1. The fraction of sp³-hybridized carbons (Fsp3) is 0. The molecule has 0 amide bonds. The van der Waals surface area contributed by atoms with Crippen molar-refractivity contribution in [1.82, 2.24) is 25.3 Å². The van der Waals surface area contributed by atoms with Crippen LogP contribution in [0.1, 0.15) is 0 Å². The first-order valence-electron chi connectivity index (χ1n) is 4.28. The lowest BCUT2D eigenvalue weighted by Crippen LogP contribution is -1.82. The molecule has 0 aliphatic rings. The minimum absolute atomic E-state index is 0.372. The maximum Gasteiger partial charge on any atom is 0.268 e. The van der Waals surface area contributed by atoms with Crippen molar-refractivity contribution in [2.24, 2.45) is 0 Å². The molecule has 3 aromatic heterocycles. The number of hydrogen-bond donors (Lipinski definition) is 1. The van der Waals surface area contributed by atoms with Gasteiger partial charge in [-0.2, -0.15) is 10.1 Å². The first-order valence-corrected chi connectivity index (χ1v) is 5.47. The second-order valence-electron chi connectivity index (χ2n) is 2.86. The minimum atomic E-state index is 0.372. The maximum atomic E-state index is 5.82.